The van der Waals surface area contributed by atoms with E-state index in [-0.39, 0.29) is 41.7 Å². The first-order valence-electron chi connectivity index (χ1n) is 9.14. The van der Waals surface area contributed by atoms with Crippen molar-refractivity contribution in [3.63, 3.8) is 0 Å². The third kappa shape index (κ3) is 7.90. The number of hydrogen-bond donors (Lipinski definition) is 1. The van der Waals surface area contributed by atoms with E-state index in [0.717, 1.165) is 31.8 Å². The zero-order chi connectivity index (χ0) is 18.8. The number of nitrogens with one attached hydrogen (secondary N) is 1. The number of rotatable bonds is 7. The Hall–Kier alpha value is -1.58. The van der Waals surface area contributed by atoms with Crippen LogP contribution in [0, 0.1) is 11.7 Å². The van der Waals surface area contributed by atoms with Crippen molar-refractivity contribution in [3.8, 4) is 5.75 Å². The van der Waals surface area contributed by atoms with Crippen LogP contribution >= 0.6 is 24.0 Å². The number of aliphatic imine (C=N–C) groups is 1. The van der Waals surface area contributed by atoms with E-state index in [0.29, 0.717) is 32.1 Å². The molecule has 8 heteroatoms. The van der Waals surface area contributed by atoms with Crippen molar-refractivity contribution in [2.75, 3.05) is 39.9 Å². The second-order valence-corrected chi connectivity index (χ2v) is 6.17. The smallest absolute Gasteiger partial charge is 0.310 e. The maximum absolute atomic E-state index is 12.8. The van der Waals surface area contributed by atoms with Crippen LogP contribution in [0.25, 0.3) is 0 Å². The average Bonchev–Trinajstić information content (AvgIpc) is 2.66. The highest BCUT2D eigenvalue weighted by molar-refractivity contribution is 14.0. The normalized spacial score (nSPS) is 17.1. The summed E-state index contributed by atoms with van der Waals surface area (Å²) in [6, 6.07) is 5.99. The number of likely N-dealkylation sites (tertiary alicyclic amines) is 1. The van der Waals surface area contributed by atoms with Crippen molar-refractivity contribution in [3.05, 3.63) is 30.1 Å². The molecule has 1 heterocycles. The summed E-state index contributed by atoms with van der Waals surface area (Å²) < 4.78 is 23.6. The van der Waals surface area contributed by atoms with Gasteiger partial charge in [-0.15, -0.1) is 24.0 Å². The summed E-state index contributed by atoms with van der Waals surface area (Å²) in [6.07, 6.45) is 2.58. The molecule has 0 saturated carbocycles. The highest BCUT2D eigenvalue weighted by atomic mass is 127. The fraction of sp³-hybridized carbons (Fsp3) is 0.579. The molecule has 2 rings (SSSR count). The Labute approximate surface area is 177 Å². The van der Waals surface area contributed by atoms with Crippen molar-refractivity contribution in [2.24, 2.45) is 10.9 Å². The van der Waals surface area contributed by atoms with Gasteiger partial charge in [0.1, 0.15) is 11.6 Å². The Kier molecular flexibility index (Phi) is 11.1. The van der Waals surface area contributed by atoms with Gasteiger partial charge < -0.3 is 19.7 Å². The van der Waals surface area contributed by atoms with Crippen molar-refractivity contribution in [1.82, 2.24) is 10.2 Å². The molecule has 1 saturated heterocycles. The number of carbonyl (C=O) groups excluding carboxylic acids is 1. The zero-order valence-corrected chi connectivity index (χ0v) is 18.3. The number of esters is 1. The number of guanidine groups is 1. The average molecular weight is 493 g/mol. The van der Waals surface area contributed by atoms with Crippen LogP contribution < -0.4 is 10.1 Å². The molecule has 1 aliphatic rings. The minimum atomic E-state index is -0.273. The second-order valence-electron chi connectivity index (χ2n) is 6.17. The van der Waals surface area contributed by atoms with Gasteiger partial charge in [-0.05, 0) is 50.5 Å². The molecular weight excluding hydrogens is 464 g/mol. The second kappa shape index (κ2) is 12.7. The summed E-state index contributed by atoms with van der Waals surface area (Å²) in [5.41, 5.74) is 0. The Morgan fingerprint density at radius 3 is 2.78 bits per heavy atom. The van der Waals surface area contributed by atoms with Gasteiger partial charge in [0, 0.05) is 26.7 Å². The molecule has 1 atom stereocenters. The van der Waals surface area contributed by atoms with Crippen molar-refractivity contribution in [1.29, 1.82) is 0 Å². The quantitative estimate of drug-likeness (QED) is 0.208. The Morgan fingerprint density at radius 2 is 2.11 bits per heavy atom. The van der Waals surface area contributed by atoms with Crippen LogP contribution in [-0.4, -0.2) is 56.7 Å². The lowest BCUT2D eigenvalue weighted by Crippen LogP contribution is -2.48. The first-order chi connectivity index (χ1) is 12.6. The van der Waals surface area contributed by atoms with E-state index in [1.165, 1.54) is 12.1 Å². The van der Waals surface area contributed by atoms with Crippen LogP contribution in [0.15, 0.2) is 29.3 Å². The van der Waals surface area contributed by atoms with Gasteiger partial charge in [0.15, 0.2) is 5.96 Å². The molecule has 0 radical (unpaired) electrons. The lowest BCUT2D eigenvalue weighted by Gasteiger charge is -2.33. The number of benzene rings is 1. The lowest BCUT2D eigenvalue weighted by atomic mass is 9.98. The Morgan fingerprint density at radius 1 is 1.37 bits per heavy atom. The summed E-state index contributed by atoms with van der Waals surface area (Å²) in [6.45, 7) is 4.98. The first kappa shape index (κ1) is 23.5. The standard InChI is InChI=1S/C19H28FN3O3.HI/c1-3-25-18(24)15-6-4-12-23(14-15)19(21-2)22-11-5-13-26-17-9-7-16(20)8-10-17;/h7-10,15H,3-6,11-14H2,1-2H3,(H,21,22);1H. The van der Waals surface area contributed by atoms with E-state index in [9.17, 15) is 9.18 Å². The summed E-state index contributed by atoms with van der Waals surface area (Å²) in [7, 11) is 1.74. The highest BCUT2D eigenvalue weighted by Gasteiger charge is 2.28. The van der Waals surface area contributed by atoms with Crippen LogP contribution in [0.1, 0.15) is 26.2 Å². The van der Waals surface area contributed by atoms with Gasteiger partial charge in [-0.3, -0.25) is 9.79 Å². The maximum Gasteiger partial charge on any atom is 0.310 e. The van der Waals surface area contributed by atoms with Gasteiger partial charge in [-0.25, -0.2) is 4.39 Å². The van der Waals surface area contributed by atoms with Crippen LogP contribution in [0.4, 0.5) is 4.39 Å². The highest BCUT2D eigenvalue weighted by Crippen LogP contribution is 2.18. The predicted octanol–water partition coefficient (Wildman–Crippen LogP) is 3.06. The molecule has 0 amide bonds. The molecule has 0 aromatic heterocycles. The van der Waals surface area contributed by atoms with E-state index in [1.54, 1.807) is 19.2 Å². The summed E-state index contributed by atoms with van der Waals surface area (Å²) in [4.78, 5) is 18.4. The molecule has 6 nitrogen and oxygen atoms in total. The molecular formula is C19H29FIN3O3. The van der Waals surface area contributed by atoms with E-state index < -0.39 is 0 Å². The van der Waals surface area contributed by atoms with Crippen LogP contribution in [-0.2, 0) is 9.53 Å². The summed E-state index contributed by atoms with van der Waals surface area (Å²) in [5, 5.41) is 3.31. The molecule has 1 aromatic carbocycles. The molecule has 1 fully saturated rings. The number of halogens is 2. The van der Waals surface area contributed by atoms with Crippen LogP contribution in [0.2, 0.25) is 0 Å². The Bertz CT molecular complexity index is 598. The number of carbonyl (C=O) groups is 1. The monoisotopic (exact) mass is 493 g/mol. The number of hydrogen-bond acceptors (Lipinski definition) is 4. The SMILES string of the molecule is CCOC(=O)C1CCCN(C(=NC)NCCCOc2ccc(F)cc2)C1.I. The van der Waals surface area contributed by atoms with Crippen molar-refractivity contribution >= 4 is 35.9 Å². The first-order valence-corrected chi connectivity index (χ1v) is 9.14. The summed E-state index contributed by atoms with van der Waals surface area (Å²) in [5.74, 6) is 0.958. The van der Waals surface area contributed by atoms with Gasteiger partial charge in [0.2, 0.25) is 0 Å². The topological polar surface area (TPSA) is 63.2 Å². The fourth-order valence-corrected chi connectivity index (χ4v) is 2.95. The predicted molar refractivity (Wildman–Crippen MR) is 114 cm³/mol. The van der Waals surface area contributed by atoms with Gasteiger partial charge in [-0.2, -0.15) is 0 Å². The van der Waals surface area contributed by atoms with Gasteiger partial charge in [-0.1, -0.05) is 0 Å². The zero-order valence-electron chi connectivity index (χ0n) is 15.9. The molecule has 27 heavy (non-hydrogen) atoms. The van der Waals surface area contributed by atoms with E-state index in [1.807, 2.05) is 6.92 Å². The number of nitrogens with zero attached hydrogens (tertiary/aromatic N) is 2. The third-order valence-corrected chi connectivity index (χ3v) is 4.24. The molecule has 0 aliphatic carbocycles. The van der Waals surface area contributed by atoms with Crippen LogP contribution in [0.5, 0.6) is 5.75 Å². The molecule has 0 bridgehead atoms. The van der Waals surface area contributed by atoms with Gasteiger partial charge in [0.05, 0.1) is 19.1 Å². The molecule has 152 valence electrons. The van der Waals surface area contributed by atoms with Crippen LogP contribution in [0.3, 0.4) is 0 Å². The van der Waals surface area contributed by atoms with Gasteiger partial charge in [0.25, 0.3) is 0 Å². The molecule has 1 aromatic rings. The number of ether oxygens (including phenoxy) is 2. The number of piperidine rings is 1. The molecule has 0 spiro atoms. The minimum Gasteiger partial charge on any atom is -0.494 e. The Balaban J connectivity index is 0.00000364. The summed E-state index contributed by atoms with van der Waals surface area (Å²) >= 11 is 0. The van der Waals surface area contributed by atoms with E-state index in [2.05, 4.69) is 15.2 Å². The van der Waals surface area contributed by atoms with Crippen molar-refractivity contribution in [2.45, 2.75) is 26.2 Å². The molecule has 1 aliphatic heterocycles. The fourth-order valence-electron chi connectivity index (χ4n) is 2.95. The third-order valence-electron chi connectivity index (χ3n) is 4.24. The largest absolute Gasteiger partial charge is 0.494 e. The lowest BCUT2D eigenvalue weighted by molar-refractivity contribution is -0.149. The van der Waals surface area contributed by atoms with E-state index in [4.69, 9.17) is 9.47 Å². The maximum atomic E-state index is 12.8. The minimum absolute atomic E-state index is 0. The molecule has 1 N–H and O–H groups in total. The van der Waals surface area contributed by atoms with Crippen molar-refractivity contribution < 1.29 is 18.7 Å². The molecule has 1 unspecified atom stereocenters. The van der Waals surface area contributed by atoms with Gasteiger partial charge >= 0.3 is 5.97 Å². The van der Waals surface area contributed by atoms with E-state index >= 15 is 0 Å².